The average molecular weight is 466 g/mol. The first-order valence-corrected chi connectivity index (χ1v) is 10.4. The van der Waals surface area contributed by atoms with Crippen LogP contribution in [0.1, 0.15) is 40.1 Å². The van der Waals surface area contributed by atoms with E-state index < -0.39 is 12.1 Å². The minimum Gasteiger partial charge on any atom is -0.475 e. The van der Waals surface area contributed by atoms with Gasteiger partial charge in [-0.2, -0.15) is 13.2 Å². The van der Waals surface area contributed by atoms with Crippen LogP contribution in [0, 0.1) is 5.41 Å². The predicted molar refractivity (Wildman–Crippen MR) is 111 cm³/mol. The standard InChI is InChI=1S/C20H24N4O2.C2HF3O2/c1-22-10-3-5-17(22)19(26)23-11-6-20(7-12-23)8-13-24(15-20)18(25)16-4-2-9-21-14-16;3-2(4,5)1(6)7/h2-5,9-10,14H,6-8,11-13,15H2,1H3;(H,6,7). The maximum atomic E-state index is 12.7. The highest BCUT2D eigenvalue weighted by molar-refractivity contribution is 5.94. The number of aliphatic carboxylic acids is 1. The molecule has 11 heteroatoms. The van der Waals surface area contributed by atoms with E-state index in [1.807, 2.05) is 45.8 Å². The smallest absolute Gasteiger partial charge is 0.475 e. The van der Waals surface area contributed by atoms with Crippen LogP contribution in [0.25, 0.3) is 0 Å². The molecule has 2 aromatic heterocycles. The molecule has 1 spiro atoms. The molecule has 1 N–H and O–H groups in total. The number of rotatable bonds is 2. The van der Waals surface area contributed by atoms with Crippen LogP contribution in [0.5, 0.6) is 0 Å². The fourth-order valence-corrected chi connectivity index (χ4v) is 4.22. The number of nitrogens with zero attached hydrogens (tertiary/aromatic N) is 4. The third-order valence-corrected chi connectivity index (χ3v) is 6.15. The summed E-state index contributed by atoms with van der Waals surface area (Å²) in [5.74, 6) is -2.58. The number of hydrogen-bond donors (Lipinski definition) is 1. The van der Waals surface area contributed by atoms with E-state index in [-0.39, 0.29) is 17.2 Å². The monoisotopic (exact) mass is 466 g/mol. The summed E-state index contributed by atoms with van der Waals surface area (Å²) in [6.07, 6.45) is 3.07. The predicted octanol–water partition coefficient (Wildman–Crippen LogP) is 2.82. The number of carbonyl (C=O) groups is 3. The third kappa shape index (κ3) is 5.71. The summed E-state index contributed by atoms with van der Waals surface area (Å²) in [5, 5.41) is 7.12. The molecule has 0 saturated carbocycles. The number of pyridine rings is 1. The minimum absolute atomic E-state index is 0.0669. The lowest BCUT2D eigenvalue weighted by Crippen LogP contribution is -2.45. The van der Waals surface area contributed by atoms with Crippen molar-refractivity contribution in [2.24, 2.45) is 12.5 Å². The molecular weight excluding hydrogens is 441 g/mol. The first-order chi connectivity index (χ1) is 15.5. The Bertz CT molecular complexity index is 999. The summed E-state index contributed by atoms with van der Waals surface area (Å²) in [4.78, 5) is 42.2. The second kappa shape index (κ2) is 9.63. The lowest BCUT2D eigenvalue weighted by molar-refractivity contribution is -0.192. The highest BCUT2D eigenvalue weighted by atomic mass is 19.4. The first-order valence-electron chi connectivity index (χ1n) is 10.4. The van der Waals surface area contributed by atoms with Crippen LogP contribution in [0.15, 0.2) is 42.9 Å². The van der Waals surface area contributed by atoms with Gasteiger partial charge in [0.25, 0.3) is 11.8 Å². The molecule has 2 saturated heterocycles. The SMILES string of the molecule is Cn1cccc1C(=O)N1CCC2(CCN(C(=O)c3cccnc3)C2)CC1.O=C(O)C(F)(F)F. The highest BCUT2D eigenvalue weighted by Gasteiger charge is 2.43. The minimum atomic E-state index is -5.08. The number of carbonyl (C=O) groups excluding carboxylic acids is 2. The zero-order chi connectivity index (χ0) is 24.2. The number of carboxylic acids is 1. The van der Waals surface area contributed by atoms with E-state index in [0.29, 0.717) is 5.56 Å². The molecule has 2 fully saturated rings. The maximum Gasteiger partial charge on any atom is 0.490 e. The van der Waals surface area contributed by atoms with Gasteiger partial charge < -0.3 is 19.5 Å². The zero-order valence-corrected chi connectivity index (χ0v) is 18.1. The second-order valence-corrected chi connectivity index (χ2v) is 8.32. The van der Waals surface area contributed by atoms with Gasteiger partial charge in [-0.25, -0.2) is 4.79 Å². The van der Waals surface area contributed by atoms with Crippen molar-refractivity contribution in [1.29, 1.82) is 0 Å². The van der Waals surface area contributed by atoms with Gasteiger partial charge in [-0.05, 0) is 48.9 Å². The van der Waals surface area contributed by atoms with E-state index in [9.17, 15) is 22.8 Å². The van der Waals surface area contributed by atoms with Crippen molar-refractivity contribution < 1.29 is 32.7 Å². The zero-order valence-electron chi connectivity index (χ0n) is 18.1. The molecular formula is C22H25F3N4O4. The van der Waals surface area contributed by atoms with E-state index in [2.05, 4.69) is 4.98 Å². The van der Waals surface area contributed by atoms with E-state index in [1.54, 1.807) is 18.5 Å². The van der Waals surface area contributed by atoms with Gasteiger partial charge >= 0.3 is 12.1 Å². The van der Waals surface area contributed by atoms with Crippen molar-refractivity contribution in [1.82, 2.24) is 19.4 Å². The molecule has 0 radical (unpaired) electrons. The highest BCUT2D eigenvalue weighted by Crippen LogP contribution is 2.41. The van der Waals surface area contributed by atoms with Gasteiger partial charge in [0.2, 0.25) is 0 Å². The number of carboxylic acid groups (broad SMARTS) is 1. The van der Waals surface area contributed by atoms with Crippen molar-refractivity contribution in [3.8, 4) is 0 Å². The van der Waals surface area contributed by atoms with Crippen molar-refractivity contribution in [2.75, 3.05) is 26.2 Å². The van der Waals surface area contributed by atoms with E-state index in [1.165, 1.54) is 0 Å². The summed E-state index contributed by atoms with van der Waals surface area (Å²) in [7, 11) is 1.90. The lowest BCUT2D eigenvalue weighted by Gasteiger charge is -2.39. The Morgan fingerprint density at radius 1 is 1.00 bits per heavy atom. The molecule has 0 atom stereocenters. The van der Waals surface area contributed by atoms with Gasteiger partial charge in [-0.15, -0.1) is 0 Å². The van der Waals surface area contributed by atoms with Crippen LogP contribution in [0.4, 0.5) is 13.2 Å². The van der Waals surface area contributed by atoms with Gasteiger partial charge in [-0.3, -0.25) is 14.6 Å². The van der Waals surface area contributed by atoms with Crippen LogP contribution in [-0.4, -0.2) is 74.6 Å². The number of alkyl halides is 3. The van der Waals surface area contributed by atoms with Crippen molar-refractivity contribution >= 4 is 17.8 Å². The van der Waals surface area contributed by atoms with Crippen LogP contribution < -0.4 is 0 Å². The van der Waals surface area contributed by atoms with Gasteiger partial charge in [-0.1, -0.05) is 0 Å². The molecule has 4 heterocycles. The Kier molecular flexibility index (Phi) is 7.09. The van der Waals surface area contributed by atoms with Gasteiger partial charge in [0.15, 0.2) is 0 Å². The van der Waals surface area contributed by atoms with Crippen LogP contribution in [0.2, 0.25) is 0 Å². The summed E-state index contributed by atoms with van der Waals surface area (Å²) in [5.41, 5.74) is 1.55. The summed E-state index contributed by atoms with van der Waals surface area (Å²) in [6.45, 7) is 3.10. The Morgan fingerprint density at radius 2 is 1.61 bits per heavy atom. The number of likely N-dealkylation sites (tertiary alicyclic amines) is 2. The van der Waals surface area contributed by atoms with Crippen molar-refractivity contribution in [2.45, 2.75) is 25.4 Å². The summed E-state index contributed by atoms with van der Waals surface area (Å²) < 4.78 is 33.6. The maximum absolute atomic E-state index is 12.7. The van der Waals surface area contributed by atoms with Gasteiger partial charge in [0.05, 0.1) is 5.56 Å². The molecule has 178 valence electrons. The molecule has 8 nitrogen and oxygen atoms in total. The normalized spacial score (nSPS) is 17.5. The van der Waals surface area contributed by atoms with Crippen LogP contribution in [-0.2, 0) is 11.8 Å². The van der Waals surface area contributed by atoms with E-state index in [0.717, 1.165) is 51.1 Å². The summed E-state index contributed by atoms with van der Waals surface area (Å²) >= 11 is 0. The largest absolute Gasteiger partial charge is 0.490 e. The number of amides is 2. The number of piperidine rings is 1. The number of aryl methyl sites for hydroxylation is 1. The quantitative estimate of drug-likeness (QED) is 0.735. The molecule has 0 bridgehead atoms. The molecule has 33 heavy (non-hydrogen) atoms. The number of halogens is 3. The Morgan fingerprint density at radius 3 is 2.09 bits per heavy atom. The first kappa shape index (κ1) is 24.3. The molecule has 0 aliphatic carbocycles. The fraction of sp³-hybridized carbons (Fsp3) is 0.455. The number of aromatic nitrogens is 2. The average Bonchev–Trinajstić information content (AvgIpc) is 3.40. The van der Waals surface area contributed by atoms with Crippen molar-refractivity contribution in [3.63, 3.8) is 0 Å². The molecule has 4 rings (SSSR count). The van der Waals surface area contributed by atoms with Crippen LogP contribution in [0.3, 0.4) is 0 Å². The number of hydrogen-bond acceptors (Lipinski definition) is 4. The van der Waals surface area contributed by atoms with E-state index >= 15 is 0 Å². The topological polar surface area (TPSA) is 95.7 Å². The molecule has 2 aromatic rings. The van der Waals surface area contributed by atoms with Gasteiger partial charge in [0, 0.05) is 51.8 Å². The molecule has 0 unspecified atom stereocenters. The molecule has 2 aliphatic heterocycles. The Labute approximate surface area is 188 Å². The fourth-order valence-electron chi connectivity index (χ4n) is 4.22. The van der Waals surface area contributed by atoms with E-state index in [4.69, 9.17) is 9.90 Å². The summed E-state index contributed by atoms with van der Waals surface area (Å²) in [6, 6.07) is 7.39. The van der Waals surface area contributed by atoms with Crippen molar-refractivity contribution in [3.05, 3.63) is 54.1 Å². The van der Waals surface area contributed by atoms with Gasteiger partial charge in [0.1, 0.15) is 5.69 Å². The third-order valence-electron chi connectivity index (χ3n) is 6.15. The second-order valence-electron chi connectivity index (χ2n) is 8.32. The van der Waals surface area contributed by atoms with Crippen LogP contribution >= 0.6 is 0 Å². The molecule has 0 aromatic carbocycles. The molecule has 2 amide bonds. The Hall–Kier alpha value is -3.37. The lowest BCUT2D eigenvalue weighted by atomic mass is 9.77. The molecule has 2 aliphatic rings. The Balaban J connectivity index is 0.000000383.